The highest BCUT2D eigenvalue weighted by molar-refractivity contribution is 6.07. The molecule has 0 bridgehead atoms. The summed E-state index contributed by atoms with van der Waals surface area (Å²) in [7, 11) is 4.73. The van der Waals surface area contributed by atoms with Gasteiger partial charge >= 0.3 is 0 Å². The van der Waals surface area contributed by atoms with Crippen LogP contribution in [0.3, 0.4) is 0 Å². The predicted molar refractivity (Wildman–Crippen MR) is 98.1 cm³/mol. The second-order valence-electron chi connectivity index (χ2n) is 6.82. The van der Waals surface area contributed by atoms with Gasteiger partial charge in [0.05, 0.1) is 26.1 Å². The van der Waals surface area contributed by atoms with E-state index in [-0.39, 0.29) is 42.6 Å². The zero-order valence-electron chi connectivity index (χ0n) is 15.8. The van der Waals surface area contributed by atoms with Gasteiger partial charge in [0.25, 0.3) is 0 Å². The summed E-state index contributed by atoms with van der Waals surface area (Å²) in [5.74, 6) is -0.279. The number of likely N-dealkylation sites (tertiary alicyclic amines) is 1. The first kappa shape index (κ1) is 18.9. The van der Waals surface area contributed by atoms with Crippen LogP contribution in [0.1, 0.15) is 18.4 Å². The van der Waals surface area contributed by atoms with E-state index in [9.17, 15) is 14.4 Å². The zero-order valence-corrected chi connectivity index (χ0v) is 15.8. The maximum atomic E-state index is 12.6. The van der Waals surface area contributed by atoms with Crippen molar-refractivity contribution in [2.24, 2.45) is 11.8 Å². The summed E-state index contributed by atoms with van der Waals surface area (Å²) in [4.78, 5) is 40.3. The molecule has 27 heavy (non-hydrogen) atoms. The molecule has 3 amide bonds. The number of hydrogen-bond donors (Lipinski definition) is 0. The lowest BCUT2D eigenvalue weighted by molar-refractivity contribution is -0.146. The minimum atomic E-state index is -0.320. The number of fused-ring (bicyclic) bond motifs is 1. The van der Waals surface area contributed by atoms with Crippen LogP contribution in [0.2, 0.25) is 0 Å². The van der Waals surface area contributed by atoms with Gasteiger partial charge in [0.2, 0.25) is 17.7 Å². The molecule has 1 heterocycles. The van der Waals surface area contributed by atoms with Crippen molar-refractivity contribution in [3.05, 3.63) is 35.9 Å². The number of methoxy groups -OCH3 is 2. The van der Waals surface area contributed by atoms with Gasteiger partial charge in [-0.25, -0.2) is 0 Å². The monoisotopic (exact) mass is 372 g/mol. The van der Waals surface area contributed by atoms with Gasteiger partial charge in [0.1, 0.15) is 6.54 Å². The molecule has 0 saturated carbocycles. The molecule has 0 N–H and O–H groups in total. The molecular formula is C20H24N2O5. The molecule has 1 aliphatic carbocycles. The van der Waals surface area contributed by atoms with Gasteiger partial charge in [-0.3, -0.25) is 19.3 Å². The van der Waals surface area contributed by atoms with E-state index in [1.807, 2.05) is 24.3 Å². The number of allylic oxidation sites excluding steroid dienone is 2. The van der Waals surface area contributed by atoms with E-state index in [0.717, 1.165) is 10.5 Å². The molecule has 0 spiro atoms. The number of para-hydroxylation sites is 1. The molecule has 1 fully saturated rings. The number of imide groups is 1. The van der Waals surface area contributed by atoms with Crippen LogP contribution in [-0.2, 0) is 20.9 Å². The van der Waals surface area contributed by atoms with Crippen LogP contribution in [0.4, 0.5) is 0 Å². The van der Waals surface area contributed by atoms with Crippen LogP contribution in [-0.4, -0.2) is 55.3 Å². The van der Waals surface area contributed by atoms with Crippen LogP contribution in [0.15, 0.2) is 30.4 Å². The van der Waals surface area contributed by atoms with Crippen molar-refractivity contribution in [2.45, 2.75) is 19.4 Å². The van der Waals surface area contributed by atoms with Crippen molar-refractivity contribution in [2.75, 3.05) is 27.8 Å². The Morgan fingerprint density at radius 3 is 2.30 bits per heavy atom. The molecule has 0 unspecified atom stereocenters. The Bertz CT molecular complexity index is 763. The maximum Gasteiger partial charge on any atom is 0.242 e. The minimum absolute atomic E-state index is 0.229. The summed E-state index contributed by atoms with van der Waals surface area (Å²) in [6.07, 6.45) is 4.99. The second kappa shape index (κ2) is 7.82. The standard InChI is InChI=1S/C20H24N2O5/c1-21(11-13-7-6-10-16(26-2)18(13)27-3)17(23)12-22-19(24)14-8-4-5-9-15(14)20(22)25/h4-7,10,14-15H,8-9,11-12H2,1-3H3/t14-,15+. The first-order chi connectivity index (χ1) is 13.0. The van der Waals surface area contributed by atoms with Crippen LogP contribution < -0.4 is 9.47 Å². The van der Waals surface area contributed by atoms with E-state index in [0.29, 0.717) is 24.3 Å². The summed E-state index contributed by atoms with van der Waals surface area (Å²) in [6, 6.07) is 5.44. The molecule has 1 aliphatic heterocycles. The Kier molecular flexibility index (Phi) is 5.48. The van der Waals surface area contributed by atoms with E-state index in [1.165, 1.54) is 4.90 Å². The predicted octanol–water partition coefficient (Wildman–Crippen LogP) is 1.61. The number of rotatable bonds is 6. The number of carbonyl (C=O) groups is 3. The zero-order chi connectivity index (χ0) is 19.6. The van der Waals surface area contributed by atoms with Crippen molar-refractivity contribution >= 4 is 17.7 Å². The highest BCUT2D eigenvalue weighted by Gasteiger charge is 2.47. The maximum absolute atomic E-state index is 12.6. The summed E-state index contributed by atoms with van der Waals surface area (Å²) < 4.78 is 10.7. The molecule has 2 atom stereocenters. The van der Waals surface area contributed by atoms with Gasteiger partial charge in [-0.05, 0) is 18.9 Å². The fraction of sp³-hybridized carbons (Fsp3) is 0.450. The van der Waals surface area contributed by atoms with Gasteiger partial charge in [0.15, 0.2) is 11.5 Å². The summed E-state index contributed by atoms with van der Waals surface area (Å²) >= 11 is 0. The lowest BCUT2D eigenvalue weighted by Crippen LogP contribution is -2.41. The number of ether oxygens (including phenoxy) is 2. The Morgan fingerprint density at radius 2 is 1.74 bits per heavy atom. The van der Waals surface area contributed by atoms with E-state index < -0.39 is 0 Å². The van der Waals surface area contributed by atoms with Gasteiger partial charge in [0, 0.05) is 19.2 Å². The number of benzene rings is 1. The molecule has 1 saturated heterocycles. The summed E-state index contributed by atoms with van der Waals surface area (Å²) in [5.41, 5.74) is 0.782. The van der Waals surface area contributed by atoms with Crippen LogP contribution >= 0.6 is 0 Å². The van der Waals surface area contributed by atoms with Crippen molar-refractivity contribution in [1.29, 1.82) is 0 Å². The molecule has 0 radical (unpaired) electrons. The van der Waals surface area contributed by atoms with Gasteiger partial charge in [-0.15, -0.1) is 0 Å². The van der Waals surface area contributed by atoms with E-state index in [2.05, 4.69) is 0 Å². The molecule has 3 rings (SSSR count). The van der Waals surface area contributed by atoms with Crippen LogP contribution in [0, 0.1) is 11.8 Å². The Morgan fingerprint density at radius 1 is 1.11 bits per heavy atom. The van der Waals surface area contributed by atoms with E-state index >= 15 is 0 Å². The highest BCUT2D eigenvalue weighted by Crippen LogP contribution is 2.35. The third-order valence-electron chi connectivity index (χ3n) is 5.21. The highest BCUT2D eigenvalue weighted by atomic mass is 16.5. The van der Waals surface area contributed by atoms with Crippen molar-refractivity contribution in [3.8, 4) is 11.5 Å². The number of amides is 3. The normalized spacial score (nSPS) is 21.2. The molecule has 1 aromatic carbocycles. The molecule has 144 valence electrons. The molecule has 7 nitrogen and oxygen atoms in total. The third-order valence-corrected chi connectivity index (χ3v) is 5.21. The molecule has 2 aliphatic rings. The number of hydrogen-bond acceptors (Lipinski definition) is 5. The van der Waals surface area contributed by atoms with Crippen LogP contribution in [0.5, 0.6) is 11.5 Å². The Labute approximate surface area is 158 Å². The van der Waals surface area contributed by atoms with E-state index in [4.69, 9.17) is 9.47 Å². The first-order valence-electron chi connectivity index (χ1n) is 8.92. The summed E-state index contributed by atoms with van der Waals surface area (Å²) in [5, 5.41) is 0. The first-order valence-corrected chi connectivity index (χ1v) is 8.92. The fourth-order valence-electron chi connectivity index (χ4n) is 3.70. The van der Waals surface area contributed by atoms with Crippen molar-refractivity contribution in [1.82, 2.24) is 9.80 Å². The van der Waals surface area contributed by atoms with E-state index in [1.54, 1.807) is 27.3 Å². The molecule has 7 heteroatoms. The van der Waals surface area contributed by atoms with Gasteiger partial charge < -0.3 is 14.4 Å². The Balaban J connectivity index is 1.68. The quantitative estimate of drug-likeness (QED) is 0.560. The van der Waals surface area contributed by atoms with Gasteiger partial charge in [-0.2, -0.15) is 0 Å². The average Bonchev–Trinajstić information content (AvgIpc) is 2.92. The largest absolute Gasteiger partial charge is 0.493 e. The number of likely N-dealkylation sites (N-methyl/N-ethyl adjacent to an activating group) is 1. The van der Waals surface area contributed by atoms with Crippen molar-refractivity contribution in [3.63, 3.8) is 0 Å². The minimum Gasteiger partial charge on any atom is -0.493 e. The number of nitrogens with zero attached hydrogens (tertiary/aromatic N) is 2. The third kappa shape index (κ3) is 3.54. The van der Waals surface area contributed by atoms with Gasteiger partial charge in [-0.1, -0.05) is 24.3 Å². The van der Waals surface area contributed by atoms with Crippen molar-refractivity contribution < 1.29 is 23.9 Å². The lowest BCUT2D eigenvalue weighted by Gasteiger charge is -2.22. The number of carbonyl (C=O) groups excluding carboxylic acids is 3. The smallest absolute Gasteiger partial charge is 0.242 e. The SMILES string of the molecule is COc1cccc(CN(C)C(=O)CN2C(=O)[C@H]3CC=CC[C@H]3C2=O)c1OC. The molecule has 0 aromatic heterocycles. The topological polar surface area (TPSA) is 76.2 Å². The molecular weight excluding hydrogens is 348 g/mol. The average molecular weight is 372 g/mol. The second-order valence-corrected chi connectivity index (χ2v) is 6.82. The fourth-order valence-corrected chi connectivity index (χ4v) is 3.70. The summed E-state index contributed by atoms with van der Waals surface area (Å²) in [6.45, 7) is 0.0529. The Hall–Kier alpha value is -2.83. The lowest BCUT2D eigenvalue weighted by atomic mass is 9.85. The molecule has 1 aromatic rings. The van der Waals surface area contributed by atoms with Crippen LogP contribution in [0.25, 0.3) is 0 Å².